The number of aromatic carboxylic acids is 1. The molecule has 0 saturated carbocycles. The molecule has 5 nitrogen and oxygen atoms in total. The Bertz CT molecular complexity index is 636. The minimum Gasteiger partial charge on any atom is -0.478 e. The number of pyridine rings is 1. The van der Waals surface area contributed by atoms with E-state index in [1.54, 1.807) is 0 Å². The molecule has 3 rings (SSSR count). The quantitative estimate of drug-likeness (QED) is 0.894. The van der Waals surface area contributed by atoms with E-state index in [0.717, 1.165) is 30.5 Å². The molecule has 1 aliphatic heterocycles. The summed E-state index contributed by atoms with van der Waals surface area (Å²) in [5, 5.41) is 13.4. The lowest BCUT2D eigenvalue weighted by Gasteiger charge is -2.15. The molecule has 0 bridgehead atoms. The van der Waals surface area contributed by atoms with E-state index in [0.29, 0.717) is 18.2 Å². The van der Waals surface area contributed by atoms with E-state index in [9.17, 15) is 9.90 Å². The third kappa shape index (κ3) is 2.44. The van der Waals surface area contributed by atoms with Gasteiger partial charge in [0, 0.05) is 30.7 Å². The minimum absolute atomic E-state index is 0.211. The van der Waals surface area contributed by atoms with Crippen molar-refractivity contribution in [3.05, 3.63) is 36.0 Å². The first-order valence-corrected chi connectivity index (χ1v) is 6.68. The first kappa shape index (κ1) is 12.9. The number of nitrogens with zero attached hydrogens (tertiary/aromatic N) is 1. The van der Waals surface area contributed by atoms with Crippen LogP contribution in [0.3, 0.4) is 0 Å². The number of nitrogens with one attached hydrogen (secondary N) is 1. The van der Waals surface area contributed by atoms with E-state index in [1.807, 2.05) is 24.3 Å². The van der Waals surface area contributed by atoms with Crippen LogP contribution in [0.25, 0.3) is 10.9 Å². The summed E-state index contributed by atoms with van der Waals surface area (Å²) in [4.78, 5) is 15.6. The molecular formula is C15H16N2O3. The Morgan fingerprint density at radius 1 is 1.45 bits per heavy atom. The van der Waals surface area contributed by atoms with Gasteiger partial charge in [-0.05, 0) is 12.5 Å². The first-order valence-electron chi connectivity index (χ1n) is 6.68. The SMILES string of the molecule is O=C(O)c1cnc2ccccc2c1NCC1CCOC1. The Hall–Kier alpha value is -2.14. The second kappa shape index (κ2) is 5.46. The van der Waals surface area contributed by atoms with Crippen LogP contribution in [-0.4, -0.2) is 35.8 Å². The highest BCUT2D eigenvalue weighted by molar-refractivity contribution is 6.04. The zero-order valence-electron chi connectivity index (χ0n) is 11.0. The van der Waals surface area contributed by atoms with E-state index >= 15 is 0 Å². The number of fused-ring (bicyclic) bond motifs is 1. The molecule has 2 heterocycles. The number of aromatic nitrogens is 1. The Morgan fingerprint density at radius 3 is 3.05 bits per heavy atom. The van der Waals surface area contributed by atoms with Crippen molar-refractivity contribution in [2.75, 3.05) is 25.1 Å². The number of rotatable bonds is 4. The predicted octanol–water partition coefficient (Wildman–Crippen LogP) is 2.38. The minimum atomic E-state index is -0.964. The average Bonchev–Trinajstić information content (AvgIpc) is 2.97. The Labute approximate surface area is 116 Å². The van der Waals surface area contributed by atoms with E-state index in [2.05, 4.69) is 10.3 Å². The summed E-state index contributed by atoms with van der Waals surface area (Å²) >= 11 is 0. The summed E-state index contributed by atoms with van der Waals surface area (Å²) in [6.45, 7) is 2.24. The van der Waals surface area contributed by atoms with Crippen LogP contribution >= 0.6 is 0 Å². The van der Waals surface area contributed by atoms with Crippen LogP contribution in [0, 0.1) is 5.92 Å². The third-order valence-electron chi connectivity index (χ3n) is 3.60. The Morgan fingerprint density at radius 2 is 2.30 bits per heavy atom. The zero-order chi connectivity index (χ0) is 13.9. The van der Waals surface area contributed by atoms with Gasteiger partial charge in [-0.1, -0.05) is 18.2 Å². The molecule has 1 fully saturated rings. The predicted molar refractivity (Wildman–Crippen MR) is 76.1 cm³/mol. The fraction of sp³-hybridized carbons (Fsp3) is 0.333. The van der Waals surface area contributed by atoms with E-state index < -0.39 is 5.97 Å². The smallest absolute Gasteiger partial charge is 0.339 e. The Kier molecular flexibility index (Phi) is 3.52. The summed E-state index contributed by atoms with van der Waals surface area (Å²) in [5.41, 5.74) is 1.65. The van der Waals surface area contributed by atoms with Crippen LogP contribution in [0.1, 0.15) is 16.8 Å². The van der Waals surface area contributed by atoms with Gasteiger partial charge in [0.05, 0.1) is 17.8 Å². The van der Waals surface area contributed by atoms with Gasteiger partial charge in [-0.3, -0.25) is 4.98 Å². The molecule has 1 unspecified atom stereocenters. The number of anilines is 1. The number of hydrogen-bond acceptors (Lipinski definition) is 4. The summed E-state index contributed by atoms with van der Waals surface area (Å²) in [5.74, 6) is -0.531. The highest BCUT2D eigenvalue weighted by Crippen LogP contribution is 2.26. The van der Waals surface area contributed by atoms with Crippen molar-refractivity contribution >= 4 is 22.6 Å². The number of carboxylic acid groups (broad SMARTS) is 1. The molecule has 1 atom stereocenters. The lowest BCUT2D eigenvalue weighted by atomic mass is 10.1. The Balaban J connectivity index is 1.96. The molecule has 0 aliphatic carbocycles. The standard InChI is InChI=1S/C15H16N2O3/c18-15(19)12-8-16-13-4-2-1-3-11(13)14(12)17-7-10-5-6-20-9-10/h1-4,8,10H,5-7,9H2,(H,16,17)(H,18,19). The van der Waals surface area contributed by atoms with Crippen LogP contribution in [0.5, 0.6) is 0 Å². The maximum atomic E-state index is 11.4. The van der Waals surface area contributed by atoms with Gasteiger partial charge in [-0.25, -0.2) is 4.79 Å². The average molecular weight is 272 g/mol. The van der Waals surface area contributed by atoms with Crippen molar-refractivity contribution < 1.29 is 14.6 Å². The summed E-state index contributed by atoms with van der Waals surface area (Å²) in [6.07, 6.45) is 2.43. The fourth-order valence-corrected chi connectivity index (χ4v) is 2.48. The lowest BCUT2D eigenvalue weighted by Crippen LogP contribution is -2.16. The van der Waals surface area contributed by atoms with Gasteiger partial charge in [0.2, 0.25) is 0 Å². The monoisotopic (exact) mass is 272 g/mol. The maximum absolute atomic E-state index is 11.4. The molecule has 0 radical (unpaired) electrons. The molecule has 20 heavy (non-hydrogen) atoms. The molecule has 1 aromatic heterocycles. The molecule has 2 aromatic rings. The first-order chi connectivity index (χ1) is 9.75. The highest BCUT2D eigenvalue weighted by atomic mass is 16.5. The van der Waals surface area contributed by atoms with Crippen molar-refractivity contribution in [2.24, 2.45) is 5.92 Å². The van der Waals surface area contributed by atoms with Crippen molar-refractivity contribution in [1.29, 1.82) is 0 Å². The summed E-state index contributed by atoms with van der Waals surface area (Å²) in [6, 6.07) is 7.55. The van der Waals surface area contributed by atoms with Gasteiger partial charge < -0.3 is 15.2 Å². The topological polar surface area (TPSA) is 71.5 Å². The molecule has 1 aromatic carbocycles. The van der Waals surface area contributed by atoms with Crippen molar-refractivity contribution in [2.45, 2.75) is 6.42 Å². The second-order valence-electron chi connectivity index (χ2n) is 4.98. The molecule has 2 N–H and O–H groups in total. The second-order valence-corrected chi connectivity index (χ2v) is 4.98. The molecule has 0 amide bonds. The summed E-state index contributed by atoms with van der Waals surface area (Å²) < 4.78 is 5.34. The van der Waals surface area contributed by atoms with E-state index in [1.165, 1.54) is 6.20 Å². The molecule has 0 spiro atoms. The number of carbonyl (C=O) groups is 1. The highest BCUT2D eigenvalue weighted by Gasteiger charge is 2.18. The van der Waals surface area contributed by atoms with Crippen LogP contribution in [0.15, 0.2) is 30.5 Å². The van der Waals surface area contributed by atoms with Gasteiger partial charge in [-0.2, -0.15) is 0 Å². The lowest BCUT2D eigenvalue weighted by molar-refractivity contribution is 0.0697. The van der Waals surface area contributed by atoms with Gasteiger partial charge >= 0.3 is 5.97 Å². The molecule has 5 heteroatoms. The van der Waals surface area contributed by atoms with Gasteiger partial charge in [0.25, 0.3) is 0 Å². The van der Waals surface area contributed by atoms with Crippen LogP contribution < -0.4 is 5.32 Å². The summed E-state index contributed by atoms with van der Waals surface area (Å²) in [7, 11) is 0. The zero-order valence-corrected chi connectivity index (χ0v) is 11.0. The molecular weight excluding hydrogens is 256 g/mol. The van der Waals surface area contributed by atoms with Crippen LogP contribution in [0.2, 0.25) is 0 Å². The number of hydrogen-bond donors (Lipinski definition) is 2. The van der Waals surface area contributed by atoms with Crippen LogP contribution in [0.4, 0.5) is 5.69 Å². The largest absolute Gasteiger partial charge is 0.478 e. The van der Waals surface area contributed by atoms with Gasteiger partial charge in [0.15, 0.2) is 0 Å². The molecule has 1 aliphatic rings. The fourth-order valence-electron chi connectivity index (χ4n) is 2.48. The number of benzene rings is 1. The van der Waals surface area contributed by atoms with Crippen molar-refractivity contribution in [3.63, 3.8) is 0 Å². The maximum Gasteiger partial charge on any atom is 0.339 e. The number of carboxylic acids is 1. The van der Waals surface area contributed by atoms with E-state index in [4.69, 9.17) is 4.74 Å². The van der Waals surface area contributed by atoms with Gasteiger partial charge in [0.1, 0.15) is 5.56 Å². The third-order valence-corrected chi connectivity index (χ3v) is 3.60. The van der Waals surface area contributed by atoms with Crippen LogP contribution in [-0.2, 0) is 4.74 Å². The molecule has 1 saturated heterocycles. The number of ether oxygens (including phenoxy) is 1. The van der Waals surface area contributed by atoms with E-state index in [-0.39, 0.29) is 5.56 Å². The normalized spacial score (nSPS) is 18.3. The molecule has 104 valence electrons. The van der Waals surface area contributed by atoms with Crippen molar-refractivity contribution in [1.82, 2.24) is 4.98 Å². The van der Waals surface area contributed by atoms with Gasteiger partial charge in [-0.15, -0.1) is 0 Å². The number of para-hydroxylation sites is 1. The van der Waals surface area contributed by atoms with Crippen molar-refractivity contribution in [3.8, 4) is 0 Å².